The highest BCUT2D eigenvalue weighted by Gasteiger charge is 2.46. The first-order valence-electron chi connectivity index (χ1n) is 9.92. The number of methoxy groups -OCH3 is 2. The molecule has 2 aliphatic rings. The molecule has 156 valence electrons. The average molecular weight is 399 g/mol. The van der Waals surface area contributed by atoms with Crippen LogP contribution in [0, 0.1) is 11.3 Å². The number of ether oxygens (including phenoxy) is 3. The Morgan fingerprint density at radius 2 is 1.93 bits per heavy atom. The van der Waals surface area contributed by atoms with Crippen LogP contribution < -0.4 is 9.47 Å². The van der Waals surface area contributed by atoms with E-state index in [1.54, 1.807) is 33.3 Å². The number of Topliss-reactive ketones (excluding diaryl/α,β-unsaturated/α-hetero) is 1. The monoisotopic (exact) mass is 399 g/mol. The Hall–Kier alpha value is -2.63. The molecule has 2 atom stereocenters. The van der Waals surface area contributed by atoms with Gasteiger partial charge in [0.05, 0.1) is 20.8 Å². The van der Waals surface area contributed by atoms with E-state index in [0.717, 1.165) is 11.3 Å². The fraction of sp³-hybridized carbons (Fsp3) is 0.522. The van der Waals surface area contributed by atoms with Gasteiger partial charge in [0.1, 0.15) is 17.4 Å². The van der Waals surface area contributed by atoms with Gasteiger partial charge in [-0.3, -0.25) is 14.6 Å². The minimum Gasteiger partial charge on any atom is -0.497 e. The number of benzene rings is 1. The molecule has 1 aliphatic carbocycles. The molecule has 0 saturated carbocycles. The summed E-state index contributed by atoms with van der Waals surface area (Å²) >= 11 is 0. The van der Waals surface area contributed by atoms with Gasteiger partial charge in [-0.15, -0.1) is 0 Å². The quantitative estimate of drug-likeness (QED) is 0.698. The van der Waals surface area contributed by atoms with E-state index in [-0.39, 0.29) is 23.8 Å². The lowest BCUT2D eigenvalue weighted by atomic mass is 9.66. The summed E-state index contributed by atoms with van der Waals surface area (Å²) < 4.78 is 16.4. The maximum atomic E-state index is 13.3. The zero-order valence-corrected chi connectivity index (χ0v) is 18.0. The van der Waals surface area contributed by atoms with Crippen LogP contribution in [-0.4, -0.2) is 38.3 Å². The van der Waals surface area contributed by atoms with Gasteiger partial charge >= 0.3 is 5.97 Å². The number of aliphatic imine (C=N–C) groups is 1. The van der Waals surface area contributed by atoms with Crippen molar-refractivity contribution in [3.8, 4) is 11.5 Å². The van der Waals surface area contributed by atoms with Gasteiger partial charge in [-0.2, -0.15) is 0 Å². The predicted octanol–water partition coefficient (Wildman–Crippen LogP) is 4.08. The van der Waals surface area contributed by atoms with Crippen LogP contribution in [0.2, 0.25) is 0 Å². The summed E-state index contributed by atoms with van der Waals surface area (Å²) in [5.74, 6) is -0.321. The Morgan fingerprint density at radius 3 is 2.55 bits per heavy atom. The number of esters is 1. The first kappa shape index (κ1) is 21.1. The molecule has 0 spiro atoms. The average Bonchev–Trinajstić information content (AvgIpc) is 2.65. The van der Waals surface area contributed by atoms with Gasteiger partial charge in [-0.1, -0.05) is 13.8 Å². The Morgan fingerprint density at radius 1 is 1.21 bits per heavy atom. The first-order valence-corrected chi connectivity index (χ1v) is 9.92. The molecule has 1 unspecified atom stereocenters. The summed E-state index contributed by atoms with van der Waals surface area (Å²) in [5.41, 5.74) is 2.58. The van der Waals surface area contributed by atoms with Gasteiger partial charge in [0.15, 0.2) is 5.78 Å². The van der Waals surface area contributed by atoms with Crippen molar-refractivity contribution >= 4 is 17.5 Å². The van der Waals surface area contributed by atoms with Crippen LogP contribution in [0.5, 0.6) is 11.5 Å². The summed E-state index contributed by atoms with van der Waals surface area (Å²) in [4.78, 5) is 30.9. The maximum Gasteiger partial charge on any atom is 0.315 e. The number of hydrogen-bond acceptors (Lipinski definition) is 6. The van der Waals surface area contributed by atoms with Crippen LogP contribution >= 0.6 is 0 Å². The minimum absolute atomic E-state index is 0.0247. The second kappa shape index (κ2) is 8.01. The lowest BCUT2D eigenvalue weighted by molar-refractivity contribution is -0.146. The second-order valence-electron chi connectivity index (χ2n) is 8.37. The normalized spacial score (nSPS) is 23.2. The molecule has 0 N–H and O–H groups in total. The molecule has 6 heteroatoms. The SMILES string of the molecule is CCOC(=O)C1C(C)=NC2=C(C(=O)CC(C)(C)C2)[C@@H]1c1cc(OC)ccc1OC. The number of hydrogen-bond donors (Lipinski definition) is 0. The van der Waals surface area contributed by atoms with E-state index >= 15 is 0 Å². The molecule has 1 aliphatic heterocycles. The molecule has 1 aromatic rings. The highest BCUT2D eigenvalue weighted by molar-refractivity contribution is 6.09. The predicted molar refractivity (Wildman–Crippen MR) is 111 cm³/mol. The van der Waals surface area contributed by atoms with E-state index in [1.165, 1.54) is 0 Å². The van der Waals surface area contributed by atoms with Crippen LogP contribution in [0.25, 0.3) is 0 Å². The van der Waals surface area contributed by atoms with E-state index in [4.69, 9.17) is 19.2 Å². The minimum atomic E-state index is -0.681. The molecule has 0 amide bonds. The maximum absolute atomic E-state index is 13.3. The molecule has 1 aromatic carbocycles. The molecule has 0 aromatic heterocycles. The van der Waals surface area contributed by atoms with Crippen molar-refractivity contribution in [2.24, 2.45) is 16.3 Å². The molecule has 29 heavy (non-hydrogen) atoms. The number of carbonyl (C=O) groups excluding carboxylic acids is 2. The Labute approximate surface area is 171 Å². The number of allylic oxidation sites excluding steroid dienone is 2. The van der Waals surface area contributed by atoms with Crippen LogP contribution in [0.4, 0.5) is 0 Å². The van der Waals surface area contributed by atoms with Gasteiger partial charge in [0.25, 0.3) is 0 Å². The highest BCUT2D eigenvalue weighted by atomic mass is 16.5. The third-order valence-electron chi connectivity index (χ3n) is 5.61. The van der Waals surface area contributed by atoms with E-state index in [1.807, 2.05) is 13.0 Å². The third-order valence-corrected chi connectivity index (χ3v) is 5.61. The topological polar surface area (TPSA) is 74.2 Å². The van der Waals surface area contributed by atoms with Crippen molar-refractivity contribution in [1.29, 1.82) is 0 Å². The van der Waals surface area contributed by atoms with Crippen molar-refractivity contribution in [1.82, 2.24) is 0 Å². The molecule has 3 rings (SSSR count). The molecular formula is C23H29NO5. The number of nitrogens with zero attached hydrogens (tertiary/aromatic N) is 1. The Balaban J connectivity index is 2.25. The van der Waals surface area contributed by atoms with Crippen molar-refractivity contribution in [2.45, 2.75) is 46.5 Å². The molecule has 0 fully saturated rings. The van der Waals surface area contributed by atoms with Gasteiger partial charge in [-0.05, 0) is 43.9 Å². The number of carbonyl (C=O) groups is 2. The van der Waals surface area contributed by atoms with Gasteiger partial charge in [0.2, 0.25) is 0 Å². The highest BCUT2D eigenvalue weighted by Crippen LogP contribution is 2.50. The third kappa shape index (κ3) is 3.93. The van der Waals surface area contributed by atoms with Crippen molar-refractivity contribution < 1.29 is 23.8 Å². The summed E-state index contributed by atoms with van der Waals surface area (Å²) in [6.45, 7) is 8.00. The van der Waals surface area contributed by atoms with Crippen molar-refractivity contribution in [2.75, 3.05) is 20.8 Å². The summed E-state index contributed by atoms with van der Waals surface area (Å²) in [5, 5.41) is 0. The second-order valence-corrected chi connectivity index (χ2v) is 8.37. The van der Waals surface area contributed by atoms with Crippen LogP contribution in [0.15, 0.2) is 34.5 Å². The molecule has 0 saturated heterocycles. The van der Waals surface area contributed by atoms with E-state index in [0.29, 0.717) is 35.6 Å². The zero-order valence-electron chi connectivity index (χ0n) is 18.0. The molecule has 1 heterocycles. The zero-order chi connectivity index (χ0) is 21.3. The summed E-state index contributed by atoms with van der Waals surface area (Å²) in [6, 6.07) is 5.44. The summed E-state index contributed by atoms with van der Waals surface area (Å²) in [6.07, 6.45) is 1.10. The molecular weight excluding hydrogens is 370 g/mol. The molecule has 0 radical (unpaired) electrons. The smallest absolute Gasteiger partial charge is 0.315 e. The Kier molecular flexibility index (Phi) is 5.82. The fourth-order valence-corrected chi connectivity index (χ4v) is 4.40. The lowest BCUT2D eigenvalue weighted by Crippen LogP contribution is -2.39. The van der Waals surface area contributed by atoms with Crippen molar-refractivity contribution in [3.63, 3.8) is 0 Å². The Bertz CT molecular complexity index is 897. The van der Waals surface area contributed by atoms with Crippen LogP contribution in [0.3, 0.4) is 0 Å². The number of rotatable bonds is 5. The summed E-state index contributed by atoms with van der Waals surface area (Å²) in [7, 11) is 3.16. The first-order chi connectivity index (χ1) is 13.7. The standard InChI is InChI=1S/C23H29NO5/c1-7-29-22(26)19-13(2)24-16-11-23(3,4)12-17(25)21(16)20(19)15-10-14(27-5)8-9-18(15)28-6/h8-10,19-20H,7,11-12H2,1-6H3/t19?,20-/m1/s1. The number of ketones is 1. The van der Waals surface area contributed by atoms with E-state index in [2.05, 4.69) is 13.8 Å². The lowest BCUT2D eigenvalue weighted by Gasteiger charge is -2.39. The largest absolute Gasteiger partial charge is 0.497 e. The van der Waals surface area contributed by atoms with Gasteiger partial charge < -0.3 is 14.2 Å². The van der Waals surface area contributed by atoms with Gasteiger partial charge in [-0.25, -0.2) is 0 Å². The fourth-order valence-electron chi connectivity index (χ4n) is 4.40. The molecule has 6 nitrogen and oxygen atoms in total. The van der Waals surface area contributed by atoms with Gasteiger partial charge in [0, 0.05) is 34.9 Å². The van der Waals surface area contributed by atoms with Crippen LogP contribution in [-0.2, 0) is 14.3 Å². The van der Waals surface area contributed by atoms with Crippen molar-refractivity contribution in [3.05, 3.63) is 35.0 Å². The van der Waals surface area contributed by atoms with Crippen LogP contribution in [0.1, 0.15) is 52.0 Å². The molecule has 0 bridgehead atoms. The van der Waals surface area contributed by atoms with E-state index < -0.39 is 11.8 Å². The van der Waals surface area contributed by atoms with E-state index in [9.17, 15) is 9.59 Å².